The van der Waals surface area contributed by atoms with Crippen LogP contribution in [-0.2, 0) is 0 Å². The number of nitrogens with one attached hydrogen (secondary N) is 1. The van der Waals surface area contributed by atoms with Crippen molar-refractivity contribution in [3.05, 3.63) is 77.8 Å². The van der Waals surface area contributed by atoms with Crippen molar-refractivity contribution in [2.45, 2.75) is 6.92 Å². The Kier molecular flexibility index (Phi) is 3.15. The summed E-state index contributed by atoms with van der Waals surface area (Å²) >= 11 is 0. The van der Waals surface area contributed by atoms with E-state index in [1.165, 1.54) is 22.3 Å². The first-order valence-corrected chi connectivity index (χ1v) is 6.44. The average Bonchev–Trinajstić information content (AvgIpc) is 2.49. The van der Waals surface area contributed by atoms with Crippen molar-refractivity contribution >= 4 is 11.1 Å². The Balaban J connectivity index is 1.94. The molecule has 1 N–H and O–H groups in total. The van der Waals surface area contributed by atoms with Crippen molar-refractivity contribution in [3.63, 3.8) is 0 Å². The highest BCUT2D eigenvalue weighted by atomic mass is 14.8. The summed E-state index contributed by atoms with van der Waals surface area (Å²) in [5, 5.41) is 3.34. The van der Waals surface area contributed by atoms with Gasteiger partial charge < -0.3 is 5.32 Å². The molecule has 0 atom stereocenters. The molecular formula is C17H16N2. The molecule has 0 saturated heterocycles. The fourth-order valence-electron chi connectivity index (χ4n) is 2.20. The van der Waals surface area contributed by atoms with Gasteiger partial charge in [0.1, 0.15) is 0 Å². The van der Waals surface area contributed by atoms with Crippen LogP contribution in [0, 0.1) is 6.92 Å². The normalized spacial score (nSPS) is 14.4. The van der Waals surface area contributed by atoms with E-state index in [-0.39, 0.29) is 0 Å². The predicted octanol–water partition coefficient (Wildman–Crippen LogP) is 3.42. The molecule has 1 aromatic heterocycles. The van der Waals surface area contributed by atoms with Crippen molar-refractivity contribution in [2.24, 2.45) is 0 Å². The van der Waals surface area contributed by atoms with Crippen LogP contribution < -0.4 is 5.32 Å². The maximum atomic E-state index is 4.17. The largest absolute Gasteiger partial charge is 0.386 e. The Morgan fingerprint density at radius 3 is 2.63 bits per heavy atom. The van der Waals surface area contributed by atoms with Crippen molar-refractivity contribution in [3.8, 4) is 0 Å². The maximum absolute atomic E-state index is 4.17. The molecule has 1 aliphatic heterocycles. The summed E-state index contributed by atoms with van der Waals surface area (Å²) < 4.78 is 0. The van der Waals surface area contributed by atoms with E-state index in [0.29, 0.717) is 0 Å². The number of rotatable bonds is 2. The average molecular weight is 248 g/mol. The van der Waals surface area contributed by atoms with Gasteiger partial charge in [-0.15, -0.1) is 0 Å². The second-order valence-electron chi connectivity index (χ2n) is 4.76. The Morgan fingerprint density at radius 2 is 1.89 bits per heavy atom. The minimum Gasteiger partial charge on any atom is -0.386 e. The smallest absolute Gasteiger partial charge is 0.0401 e. The maximum Gasteiger partial charge on any atom is 0.0401 e. The molecule has 0 unspecified atom stereocenters. The van der Waals surface area contributed by atoms with E-state index >= 15 is 0 Å². The van der Waals surface area contributed by atoms with E-state index in [1.54, 1.807) is 6.20 Å². The summed E-state index contributed by atoms with van der Waals surface area (Å²) in [6.45, 7) is 2.98. The quantitative estimate of drug-likeness (QED) is 0.881. The molecule has 1 aliphatic rings. The van der Waals surface area contributed by atoms with Gasteiger partial charge in [-0.25, -0.2) is 0 Å². The molecule has 2 nitrogen and oxygen atoms in total. The molecule has 3 rings (SSSR count). The number of aryl methyl sites for hydroxylation is 1. The van der Waals surface area contributed by atoms with E-state index in [4.69, 9.17) is 0 Å². The lowest BCUT2D eigenvalue weighted by molar-refractivity contribution is 0.989. The zero-order valence-corrected chi connectivity index (χ0v) is 10.9. The molecule has 1 aromatic carbocycles. The molecule has 0 aliphatic carbocycles. The SMILES string of the molecule is Cc1ccc(C2=CC(c3cccnc3)=CNC2)cc1. The Hall–Kier alpha value is -2.35. The van der Waals surface area contributed by atoms with Crippen molar-refractivity contribution < 1.29 is 0 Å². The molecule has 0 bridgehead atoms. The number of allylic oxidation sites excluding steroid dienone is 2. The van der Waals surface area contributed by atoms with Gasteiger partial charge in [-0.3, -0.25) is 4.98 Å². The third-order valence-corrected chi connectivity index (χ3v) is 3.30. The summed E-state index contributed by atoms with van der Waals surface area (Å²) in [6.07, 6.45) is 7.97. The van der Waals surface area contributed by atoms with E-state index in [1.807, 2.05) is 12.3 Å². The first-order valence-electron chi connectivity index (χ1n) is 6.44. The number of pyridine rings is 1. The van der Waals surface area contributed by atoms with Gasteiger partial charge in [0.25, 0.3) is 0 Å². The minimum atomic E-state index is 0.868. The second kappa shape index (κ2) is 5.11. The zero-order chi connectivity index (χ0) is 13.1. The monoisotopic (exact) mass is 248 g/mol. The van der Waals surface area contributed by atoms with Crippen molar-refractivity contribution in [1.82, 2.24) is 10.3 Å². The molecule has 2 heterocycles. The molecule has 0 amide bonds. The molecule has 2 aromatic rings. The first kappa shape index (κ1) is 11.7. The summed E-state index contributed by atoms with van der Waals surface area (Å²) in [5.41, 5.74) is 6.18. The molecule has 19 heavy (non-hydrogen) atoms. The van der Waals surface area contributed by atoms with Crippen molar-refractivity contribution in [2.75, 3.05) is 6.54 Å². The molecule has 94 valence electrons. The summed E-state index contributed by atoms with van der Waals surface area (Å²) in [5.74, 6) is 0. The fraction of sp³-hybridized carbons (Fsp3) is 0.118. The third kappa shape index (κ3) is 2.58. The first-order chi connectivity index (χ1) is 9.33. The van der Waals surface area contributed by atoms with E-state index in [0.717, 1.165) is 12.1 Å². The van der Waals surface area contributed by atoms with E-state index in [2.05, 4.69) is 59.8 Å². The van der Waals surface area contributed by atoms with Gasteiger partial charge in [0.05, 0.1) is 0 Å². The van der Waals surface area contributed by atoms with Crippen LogP contribution in [0.5, 0.6) is 0 Å². The van der Waals surface area contributed by atoms with Crippen LogP contribution >= 0.6 is 0 Å². The molecule has 2 heteroatoms. The van der Waals surface area contributed by atoms with E-state index in [9.17, 15) is 0 Å². The lowest BCUT2D eigenvalue weighted by Crippen LogP contribution is -2.14. The van der Waals surface area contributed by atoms with Crippen LogP contribution in [0.4, 0.5) is 0 Å². The van der Waals surface area contributed by atoms with Gasteiger partial charge in [0, 0.05) is 30.7 Å². The number of hydrogen-bond donors (Lipinski definition) is 1. The topological polar surface area (TPSA) is 24.9 Å². The highest BCUT2D eigenvalue weighted by Gasteiger charge is 2.08. The van der Waals surface area contributed by atoms with Crippen LogP contribution in [0.15, 0.2) is 61.1 Å². The van der Waals surface area contributed by atoms with Gasteiger partial charge in [0.15, 0.2) is 0 Å². The second-order valence-corrected chi connectivity index (χ2v) is 4.76. The van der Waals surface area contributed by atoms with E-state index < -0.39 is 0 Å². The van der Waals surface area contributed by atoms with Crippen molar-refractivity contribution in [1.29, 1.82) is 0 Å². The minimum absolute atomic E-state index is 0.868. The fourth-order valence-corrected chi connectivity index (χ4v) is 2.20. The van der Waals surface area contributed by atoms with Gasteiger partial charge >= 0.3 is 0 Å². The van der Waals surface area contributed by atoms with Gasteiger partial charge in [-0.05, 0) is 35.8 Å². The van der Waals surface area contributed by atoms with Crippen LogP contribution in [0.2, 0.25) is 0 Å². The van der Waals surface area contributed by atoms with Gasteiger partial charge in [-0.1, -0.05) is 35.9 Å². The Labute approximate surface area is 113 Å². The number of dihydropyridines is 1. The zero-order valence-electron chi connectivity index (χ0n) is 10.9. The van der Waals surface area contributed by atoms with Crippen LogP contribution in [-0.4, -0.2) is 11.5 Å². The van der Waals surface area contributed by atoms with Crippen LogP contribution in [0.3, 0.4) is 0 Å². The highest BCUT2D eigenvalue weighted by Crippen LogP contribution is 2.24. The standard InChI is InChI=1S/C17H16N2/c1-13-4-6-14(7-5-13)16-9-17(12-19-11-16)15-3-2-8-18-10-15/h2-10,12,19H,11H2,1H3. The number of aromatic nitrogens is 1. The molecule has 0 radical (unpaired) electrons. The summed E-state index contributed by atoms with van der Waals surface area (Å²) in [7, 11) is 0. The predicted molar refractivity (Wildman–Crippen MR) is 79.4 cm³/mol. The molecular weight excluding hydrogens is 232 g/mol. The lowest BCUT2D eigenvalue weighted by Gasteiger charge is -2.16. The number of benzene rings is 1. The number of hydrogen-bond acceptors (Lipinski definition) is 2. The summed E-state index contributed by atoms with van der Waals surface area (Å²) in [6, 6.07) is 12.7. The lowest BCUT2D eigenvalue weighted by atomic mass is 9.97. The van der Waals surface area contributed by atoms with Gasteiger partial charge in [-0.2, -0.15) is 0 Å². The third-order valence-electron chi connectivity index (χ3n) is 3.30. The van der Waals surface area contributed by atoms with Crippen LogP contribution in [0.25, 0.3) is 11.1 Å². The molecule has 0 saturated carbocycles. The summed E-state index contributed by atoms with van der Waals surface area (Å²) in [4.78, 5) is 4.17. The Bertz CT molecular complexity index is 622. The van der Waals surface area contributed by atoms with Gasteiger partial charge in [0.2, 0.25) is 0 Å². The van der Waals surface area contributed by atoms with Crippen LogP contribution in [0.1, 0.15) is 16.7 Å². The number of nitrogens with zero attached hydrogens (tertiary/aromatic N) is 1. The highest BCUT2D eigenvalue weighted by molar-refractivity contribution is 5.85. The molecule has 0 fully saturated rings. The molecule has 0 spiro atoms. The Morgan fingerprint density at radius 1 is 1.05 bits per heavy atom.